The van der Waals surface area contributed by atoms with E-state index in [0.717, 1.165) is 24.7 Å². The second-order valence-electron chi connectivity index (χ2n) is 5.81. The van der Waals surface area contributed by atoms with Gasteiger partial charge in [-0.25, -0.2) is 23.3 Å². The van der Waals surface area contributed by atoms with Crippen LogP contribution in [-0.4, -0.2) is 0 Å². The summed E-state index contributed by atoms with van der Waals surface area (Å²) in [5, 5.41) is 0. The smallest absolute Gasteiger partial charge is 1.00 e. The third kappa shape index (κ3) is 13.8. The van der Waals surface area contributed by atoms with Gasteiger partial charge in [-0.2, -0.15) is 12.2 Å². The van der Waals surface area contributed by atoms with Gasteiger partial charge in [0.1, 0.15) is 0 Å². The molecule has 0 N–H and O–H groups in total. The maximum atomic E-state index is 3.29. The number of allylic oxidation sites excluding steroid dienone is 8. The number of hydrogen-bond acceptors (Lipinski definition) is 0. The summed E-state index contributed by atoms with van der Waals surface area (Å²) >= 11 is 0. The minimum absolute atomic E-state index is 0. The van der Waals surface area contributed by atoms with E-state index in [4.69, 9.17) is 0 Å². The first-order chi connectivity index (χ1) is 8.58. The first-order valence-corrected chi connectivity index (χ1v) is 7.10. The molecular formula is C18H26Cl2Zr. The molecule has 116 valence electrons. The van der Waals surface area contributed by atoms with Crippen molar-refractivity contribution in [2.45, 2.75) is 53.4 Å². The summed E-state index contributed by atoms with van der Waals surface area (Å²) in [7, 11) is 0. The molecule has 0 nitrogen and oxygen atoms in total. The molecule has 0 aromatic carbocycles. The summed E-state index contributed by atoms with van der Waals surface area (Å²) in [6.45, 7) is 8.95. The van der Waals surface area contributed by atoms with Gasteiger partial charge >= 0.3 is 26.2 Å². The predicted octanol–water partition coefficient (Wildman–Crippen LogP) is -0.551. The zero-order chi connectivity index (χ0) is 13.4. The van der Waals surface area contributed by atoms with E-state index < -0.39 is 0 Å². The second-order valence-corrected chi connectivity index (χ2v) is 5.81. The Labute approximate surface area is 163 Å². The minimum Gasteiger partial charge on any atom is -1.00 e. The molecule has 2 aliphatic carbocycles. The van der Waals surface area contributed by atoms with Crippen molar-refractivity contribution in [3.8, 4) is 0 Å². The van der Waals surface area contributed by atoms with Crippen LogP contribution in [0.2, 0.25) is 0 Å². The average Bonchev–Trinajstić information content (AvgIpc) is 2.90. The van der Waals surface area contributed by atoms with Crippen molar-refractivity contribution in [1.82, 2.24) is 0 Å². The molecule has 0 saturated heterocycles. The maximum absolute atomic E-state index is 3.29. The Kier molecular flexibility index (Phi) is 19.2. The van der Waals surface area contributed by atoms with Gasteiger partial charge in [0.25, 0.3) is 0 Å². The first-order valence-electron chi connectivity index (χ1n) is 7.10. The summed E-state index contributed by atoms with van der Waals surface area (Å²) in [4.78, 5) is 0. The molecule has 0 fully saturated rings. The molecule has 2 rings (SSSR count). The van der Waals surface area contributed by atoms with E-state index in [9.17, 15) is 0 Å². The Morgan fingerprint density at radius 3 is 1.33 bits per heavy atom. The molecule has 0 aliphatic heterocycles. The SMILES string of the molecule is CC(C)CC1=[C-]CC=C1.CC(C)CC1=[C-]CC=C1.[Cl-].[Cl-].[Zr+4]. The van der Waals surface area contributed by atoms with Crippen LogP contribution in [0.3, 0.4) is 0 Å². The summed E-state index contributed by atoms with van der Waals surface area (Å²) in [5.41, 5.74) is 2.79. The quantitative estimate of drug-likeness (QED) is 0.552. The Bertz CT molecular complexity index is 327. The van der Waals surface area contributed by atoms with E-state index in [1.54, 1.807) is 0 Å². The van der Waals surface area contributed by atoms with Crippen molar-refractivity contribution in [3.63, 3.8) is 0 Å². The zero-order valence-corrected chi connectivity index (χ0v) is 17.5. The van der Waals surface area contributed by atoms with Gasteiger partial charge in [0, 0.05) is 0 Å². The molecule has 0 radical (unpaired) electrons. The van der Waals surface area contributed by atoms with Crippen LogP contribution in [0.25, 0.3) is 0 Å². The first kappa shape index (κ1) is 26.3. The van der Waals surface area contributed by atoms with Crippen LogP contribution in [0.5, 0.6) is 0 Å². The average molecular weight is 405 g/mol. The molecule has 0 amide bonds. The molecule has 0 bridgehead atoms. The van der Waals surface area contributed by atoms with Gasteiger partial charge in [-0.3, -0.25) is 12.2 Å². The number of hydrogen-bond donors (Lipinski definition) is 0. The van der Waals surface area contributed by atoms with Crippen LogP contribution in [-0.2, 0) is 26.2 Å². The normalized spacial score (nSPS) is 14.6. The molecule has 0 heterocycles. The van der Waals surface area contributed by atoms with Gasteiger partial charge < -0.3 is 24.8 Å². The maximum Gasteiger partial charge on any atom is 4.00 e. The van der Waals surface area contributed by atoms with Gasteiger partial charge in [0.2, 0.25) is 0 Å². The summed E-state index contributed by atoms with van der Waals surface area (Å²) in [6.07, 6.45) is 19.7. The van der Waals surface area contributed by atoms with E-state index >= 15 is 0 Å². The molecule has 3 heteroatoms. The Morgan fingerprint density at radius 1 is 0.810 bits per heavy atom. The second kappa shape index (κ2) is 15.3. The molecule has 0 spiro atoms. The molecule has 0 aromatic heterocycles. The molecular weight excluding hydrogens is 378 g/mol. The third-order valence-corrected chi connectivity index (χ3v) is 2.79. The Hall–Kier alpha value is 0.423. The van der Waals surface area contributed by atoms with E-state index in [0.29, 0.717) is 0 Å². The van der Waals surface area contributed by atoms with E-state index in [1.807, 2.05) is 0 Å². The van der Waals surface area contributed by atoms with Gasteiger partial charge in [0.05, 0.1) is 0 Å². The predicted molar refractivity (Wildman–Crippen MR) is 79.9 cm³/mol. The van der Waals surface area contributed by atoms with Crippen LogP contribution in [0.1, 0.15) is 53.4 Å². The summed E-state index contributed by atoms with van der Waals surface area (Å²) in [6, 6.07) is 0. The van der Waals surface area contributed by atoms with Crippen LogP contribution in [0.4, 0.5) is 0 Å². The monoisotopic (exact) mass is 402 g/mol. The van der Waals surface area contributed by atoms with Crippen LogP contribution in [0.15, 0.2) is 35.5 Å². The fourth-order valence-corrected chi connectivity index (χ4v) is 2.06. The van der Waals surface area contributed by atoms with E-state index in [1.165, 1.54) is 24.0 Å². The number of rotatable bonds is 4. The van der Waals surface area contributed by atoms with Crippen molar-refractivity contribution in [2.24, 2.45) is 11.8 Å². The Balaban J connectivity index is -0.000000270. The van der Waals surface area contributed by atoms with E-state index in [2.05, 4.69) is 64.2 Å². The number of halogens is 2. The minimum atomic E-state index is 0. The molecule has 0 aromatic rings. The van der Waals surface area contributed by atoms with Crippen molar-refractivity contribution >= 4 is 0 Å². The van der Waals surface area contributed by atoms with Gasteiger partial charge in [0.15, 0.2) is 0 Å². The van der Waals surface area contributed by atoms with Crippen molar-refractivity contribution < 1.29 is 51.0 Å². The van der Waals surface area contributed by atoms with Gasteiger partial charge in [-0.1, -0.05) is 40.5 Å². The topological polar surface area (TPSA) is 0 Å². The Morgan fingerprint density at radius 2 is 1.14 bits per heavy atom. The fourth-order valence-electron chi connectivity index (χ4n) is 2.06. The van der Waals surface area contributed by atoms with Crippen molar-refractivity contribution in [3.05, 3.63) is 47.6 Å². The van der Waals surface area contributed by atoms with Crippen LogP contribution < -0.4 is 24.8 Å². The molecule has 2 aliphatic rings. The van der Waals surface area contributed by atoms with Crippen LogP contribution in [0, 0.1) is 24.0 Å². The largest absolute Gasteiger partial charge is 4.00 e. The zero-order valence-electron chi connectivity index (χ0n) is 13.5. The molecule has 0 saturated carbocycles. The third-order valence-electron chi connectivity index (χ3n) is 2.79. The van der Waals surface area contributed by atoms with Gasteiger partial charge in [-0.15, -0.1) is 12.8 Å². The summed E-state index contributed by atoms with van der Waals surface area (Å²) < 4.78 is 0. The van der Waals surface area contributed by atoms with Crippen molar-refractivity contribution in [2.75, 3.05) is 0 Å². The standard InChI is InChI=1S/2C9H13.2ClH.Zr/c2*1-8(2)7-9-5-3-4-6-9;;;/h2*3,5,8H,4,7H2,1-2H3;2*1H;/q2*-1;;;+4/p-2. The molecule has 0 atom stereocenters. The molecule has 21 heavy (non-hydrogen) atoms. The van der Waals surface area contributed by atoms with Crippen LogP contribution >= 0.6 is 0 Å². The molecule has 0 unspecified atom stereocenters. The fraction of sp³-hybridized carbons (Fsp3) is 0.556. The van der Waals surface area contributed by atoms with Crippen molar-refractivity contribution in [1.29, 1.82) is 0 Å². The van der Waals surface area contributed by atoms with Gasteiger partial charge in [-0.05, 0) is 11.8 Å². The van der Waals surface area contributed by atoms with E-state index in [-0.39, 0.29) is 51.0 Å². The summed E-state index contributed by atoms with van der Waals surface area (Å²) in [5.74, 6) is 1.55.